The van der Waals surface area contributed by atoms with Crippen LogP contribution in [-0.2, 0) is 0 Å². The van der Waals surface area contributed by atoms with Crippen molar-refractivity contribution in [3.63, 3.8) is 0 Å². The zero-order valence-electron chi connectivity index (χ0n) is 13.7. The highest BCUT2D eigenvalue weighted by Gasteiger charge is 2.10. The maximum absolute atomic E-state index is 12.2. The molecule has 1 atom stereocenters. The topological polar surface area (TPSA) is 93.0 Å². The van der Waals surface area contributed by atoms with Crippen LogP contribution in [0.2, 0.25) is 0 Å². The summed E-state index contributed by atoms with van der Waals surface area (Å²) in [6, 6.07) is 13.1. The fourth-order valence-corrected chi connectivity index (χ4v) is 2.52. The number of aryl methyl sites for hydroxylation is 1. The van der Waals surface area contributed by atoms with E-state index in [4.69, 9.17) is 10.5 Å². The first kappa shape index (κ1) is 16.0. The van der Waals surface area contributed by atoms with Crippen molar-refractivity contribution in [2.75, 3.05) is 19.0 Å². The number of ether oxygens (including phenoxy) is 1. The van der Waals surface area contributed by atoms with Crippen LogP contribution in [0.15, 0.2) is 47.3 Å². The average molecular weight is 324 g/mol. The van der Waals surface area contributed by atoms with Crippen LogP contribution in [0.4, 0.5) is 5.95 Å². The van der Waals surface area contributed by atoms with Gasteiger partial charge in [0.05, 0.1) is 12.5 Å². The SMILES string of the molecule is COc1cccc2c(=O)[nH]c(NCC(N)c3ccc(C)cc3)nc12. The Morgan fingerprint density at radius 3 is 2.71 bits per heavy atom. The van der Waals surface area contributed by atoms with E-state index in [1.54, 1.807) is 25.3 Å². The van der Waals surface area contributed by atoms with Crippen LogP contribution in [0, 0.1) is 6.92 Å². The van der Waals surface area contributed by atoms with Gasteiger partial charge in [0.15, 0.2) is 0 Å². The van der Waals surface area contributed by atoms with Gasteiger partial charge < -0.3 is 15.8 Å². The number of benzene rings is 2. The molecule has 3 rings (SSSR count). The molecule has 0 fully saturated rings. The highest BCUT2D eigenvalue weighted by molar-refractivity contribution is 5.84. The van der Waals surface area contributed by atoms with E-state index in [1.165, 1.54) is 5.56 Å². The van der Waals surface area contributed by atoms with Crippen molar-refractivity contribution in [2.45, 2.75) is 13.0 Å². The molecule has 0 aliphatic heterocycles. The molecule has 124 valence electrons. The average Bonchev–Trinajstić information content (AvgIpc) is 2.60. The minimum atomic E-state index is -0.217. The molecule has 1 aromatic heterocycles. The predicted octanol–water partition coefficient (Wildman–Crippen LogP) is 2.35. The normalized spacial score (nSPS) is 12.1. The predicted molar refractivity (Wildman–Crippen MR) is 95.5 cm³/mol. The summed E-state index contributed by atoms with van der Waals surface area (Å²) in [6.45, 7) is 2.48. The summed E-state index contributed by atoms with van der Waals surface area (Å²) < 4.78 is 5.28. The molecule has 3 aromatic rings. The lowest BCUT2D eigenvalue weighted by Gasteiger charge is -2.14. The summed E-state index contributed by atoms with van der Waals surface area (Å²) in [5.41, 5.74) is 8.71. The maximum atomic E-state index is 12.2. The molecule has 0 radical (unpaired) electrons. The Hall–Kier alpha value is -2.86. The minimum Gasteiger partial charge on any atom is -0.494 e. The molecule has 6 nitrogen and oxygen atoms in total. The molecular weight excluding hydrogens is 304 g/mol. The van der Waals surface area contributed by atoms with Crippen molar-refractivity contribution in [1.82, 2.24) is 9.97 Å². The van der Waals surface area contributed by atoms with Gasteiger partial charge in [-0.2, -0.15) is 0 Å². The van der Waals surface area contributed by atoms with Gasteiger partial charge in [0, 0.05) is 12.6 Å². The molecule has 0 amide bonds. The van der Waals surface area contributed by atoms with Gasteiger partial charge in [-0.3, -0.25) is 9.78 Å². The molecule has 6 heteroatoms. The fraction of sp³-hybridized carbons (Fsp3) is 0.222. The quantitative estimate of drug-likeness (QED) is 0.670. The Morgan fingerprint density at radius 2 is 2.00 bits per heavy atom. The molecule has 0 saturated heterocycles. The van der Waals surface area contributed by atoms with Crippen LogP contribution < -0.4 is 21.3 Å². The first-order valence-electron chi connectivity index (χ1n) is 7.71. The van der Waals surface area contributed by atoms with Crippen molar-refractivity contribution in [3.05, 3.63) is 63.9 Å². The number of methoxy groups -OCH3 is 1. The number of aromatic amines is 1. The van der Waals surface area contributed by atoms with Gasteiger partial charge >= 0.3 is 0 Å². The number of anilines is 1. The van der Waals surface area contributed by atoms with Crippen LogP contribution in [0.25, 0.3) is 10.9 Å². The van der Waals surface area contributed by atoms with Crippen molar-refractivity contribution < 1.29 is 4.74 Å². The smallest absolute Gasteiger partial charge is 0.260 e. The number of rotatable bonds is 5. The zero-order chi connectivity index (χ0) is 17.1. The summed E-state index contributed by atoms with van der Waals surface area (Å²) >= 11 is 0. The molecule has 0 saturated carbocycles. The van der Waals surface area contributed by atoms with Gasteiger partial charge in [-0.1, -0.05) is 35.9 Å². The molecule has 1 unspecified atom stereocenters. The number of hydrogen-bond donors (Lipinski definition) is 3. The number of hydrogen-bond acceptors (Lipinski definition) is 5. The standard InChI is InChI=1S/C18H20N4O2/c1-11-6-8-12(9-7-11)14(19)10-20-18-21-16-13(17(23)22-18)4-3-5-15(16)24-2/h3-9,14H,10,19H2,1-2H3,(H2,20,21,22,23). The number of H-pyrrole nitrogens is 1. The molecule has 0 spiro atoms. The van der Waals surface area contributed by atoms with E-state index < -0.39 is 0 Å². The maximum Gasteiger partial charge on any atom is 0.260 e. The van der Waals surface area contributed by atoms with Gasteiger partial charge in [0.25, 0.3) is 5.56 Å². The fourth-order valence-electron chi connectivity index (χ4n) is 2.52. The third kappa shape index (κ3) is 3.23. The summed E-state index contributed by atoms with van der Waals surface area (Å²) in [5.74, 6) is 0.934. The van der Waals surface area contributed by atoms with E-state index in [-0.39, 0.29) is 11.6 Å². The van der Waals surface area contributed by atoms with Crippen molar-refractivity contribution in [1.29, 1.82) is 0 Å². The Kier molecular flexibility index (Phi) is 4.48. The summed E-state index contributed by atoms with van der Waals surface area (Å²) in [7, 11) is 1.55. The summed E-state index contributed by atoms with van der Waals surface area (Å²) in [5, 5.41) is 3.58. The lowest BCUT2D eigenvalue weighted by atomic mass is 10.1. The van der Waals surface area contributed by atoms with Gasteiger partial charge in [-0.25, -0.2) is 4.98 Å². The van der Waals surface area contributed by atoms with E-state index in [1.807, 2.05) is 31.2 Å². The van der Waals surface area contributed by atoms with E-state index >= 15 is 0 Å². The Balaban J connectivity index is 1.82. The highest BCUT2D eigenvalue weighted by Crippen LogP contribution is 2.21. The first-order chi connectivity index (χ1) is 11.6. The summed E-state index contributed by atoms with van der Waals surface area (Å²) in [4.78, 5) is 19.4. The second-order valence-electron chi connectivity index (χ2n) is 5.67. The lowest BCUT2D eigenvalue weighted by molar-refractivity contribution is 0.419. The molecule has 2 aromatic carbocycles. The number of fused-ring (bicyclic) bond motifs is 1. The van der Waals surface area contributed by atoms with E-state index in [0.29, 0.717) is 29.1 Å². The molecule has 1 heterocycles. The van der Waals surface area contributed by atoms with Crippen LogP contribution in [0.1, 0.15) is 17.2 Å². The molecule has 0 aliphatic rings. The molecule has 0 bridgehead atoms. The monoisotopic (exact) mass is 324 g/mol. The third-order valence-electron chi connectivity index (χ3n) is 3.91. The van der Waals surface area contributed by atoms with Gasteiger partial charge in [-0.15, -0.1) is 0 Å². The molecule has 24 heavy (non-hydrogen) atoms. The van der Waals surface area contributed by atoms with E-state index in [9.17, 15) is 4.79 Å². The number of para-hydroxylation sites is 1. The number of nitrogens with two attached hydrogens (primary N) is 1. The first-order valence-corrected chi connectivity index (χ1v) is 7.71. The zero-order valence-corrected chi connectivity index (χ0v) is 13.7. The van der Waals surface area contributed by atoms with Crippen molar-refractivity contribution in [2.24, 2.45) is 5.73 Å². The van der Waals surface area contributed by atoms with Crippen LogP contribution in [-0.4, -0.2) is 23.6 Å². The van der Waals surface area contributed by atoms with Crippen LogP contribution in [0.5, 0.6) is 5.75 Å². The Bertz CT molecular complexity index is 903. The second-order valence-corrected chi connectivity index (χ2v) is 5.67. The highest BCUT2D eigenvalue weighted by atomic mass is 16.5. The van der Waals surface area contributed by atoms with Gasteiger partial charge in [-0.05, 0) is 24.6 Å². The number of aromatic nitrogens is 2. The third-order valence-corrected chi connectivity index (χ3v) is 3.91. The molecular formula is C18H20N4O2. The van der Waals surface area contributed by atoms with Gasteiger partial charge in [0.2, 0.25) is 5.95 Å². The lowest BCUT2D eigenvalue weighted by Crippen LogP contribution is -2.23. The Labute approximate surface area is 139 Å². The second kappa shape index (κ2) is 6.72. The molecule has 4 N–H and O–H groups in total. The van der Waals surface area contributed by atoms with Crippen LogP contribution in [0.3, 0.4) is 0 Å². The van der Waals surface area contributed by atoms with Crippen molar-refractivity contribution >= 4 is 16.9 Å². The largest absolute Gasteiger partial charge is 0.494 e. The molecule has 0 aliphatic carbocycles. The number of nitrogens with zero attached hydrogens (tertiary/aromatic N) is 1. The number of nitrogens with one attached hydrogen (secondary N) is 2. The van der Waals surface area contributed by atoms with E-state index in [0.717, 1.165) is 5.56 Å². The summed E-state index contributed by atoms with van der Waals surface area (Å²) in [6.07, 6.45) is 0. The van der Waals surface area contributed by atoms with E-state index in [2.05, 4.69) is 15.3 Å². The van der Waals surface area contributed by atoms with Gasteiger partial charge in [0.1, 0.15) is 11.3 Å². The Morgan fingerprint density at radius 1 is 1.25 bits per heavy atom. The minimum absolute atomic E-state index is 0.204. The van der Waals surface area contributed by atoms with Crippen molar-refractivity contribution in [3.8, 4) is 5.75 Å². The van der Waals surface area contributed by atoms with Crippen LogP contribution >= 0.6 is 0 Å².